The molecule has 0 unspecified atom stereocenters. The Kier molecular flexibility index (Phi) is 5.16. The molecule has 0 radical (unpaired) electrons. The third-order valence-corrected chi connectivity index (χ3v) is 2.07. The van der Waals surface area contributed by atoms with E-state index in [4.69, 9.17) is 5.26 Å². The Morgan fingerprint density at radius 1 is 0.625 bits per heavy atom. The van der Waals surface area contributed by atoms with Crippen LogP contribution in [0.4, 0.5) is 0 Å². The lowest BCUT2D eigenvalue weighted by atomic mass is 10.1. The molecule has 0 amide bonds. The van der Waals surface area contributed by atoms with E-state index in [0.29, 0.717) is 0 Å². The molecule has 0 heterocycles. The van der Waals surface area contributed by atoms with Crippen LogP contribution in [0.1, 0.15) is 11.1 Å². The number of rotatable bonds is 2. The van der Waals surface area contributed by atoms with Gasteiger partial charge in [-0.05, 0) is 11.1 Å². The standard InChI is InChI=1S/C14H12.CHN/c1-3-7-13(8-4-1)11-12-14-9-5-2-6-10-14;1-2/h1-12H;1H. The van der Waals surface area contributed by atoms with Crippen LogP contribution in [-0.4, -0.2) is 0 Å². The van der Waals surface area contributed by atoms with Crippen LogP contribution in [0.2, 0.25) is 0 Å². The zero-order valence-electron chi connectivity index (χ0n) is 8.95. The van der Waals surface area contributed by atoms with Crippen molar-refractivity contribution in [1.29, 1.82) is 5.26 Å². The zero-order valence-corrected chi connectivity index (χ0v) is 8.95. The molecule has 2 aromatic rings. The molecule has 0 aliphatic heterocycles. The Balaban J connectivity index is 0.000000606. The van der Waals surface area contributed by atoms with Crippen LogP contribution in [-0.2, 0) is 0 Å². The average molecular weight is 207 g/mol. The SMILES string of the molecule is C#N.C(=Cc1ccccc1)c1ccccc1. The van der Waals surface area contributed by atoms with Gasteiger partial charge in [-0.1, -0.05) is 72.8 Å². The molecule has 1 heteroatoms. The molecule has 0 spiro atoms. The fourth-order valence-electron chi connectivity index (χ4n) is 1.32. The third kappa shape index (κ3) is 3.81. The van der Waals surface area contributed by atoms with Crippen molar-refractivity contribution in [1.82, 2.24) is 0 Å². The maximum absolute atomic E-state index is 6.50. The molecule has 0 aliphatic rings. The van der Waals surface area contributed by atoms with E-state index < -0.39 is 0 Å². The molecular formula is C15H13N. The molecule has 0 aromatic heterocycles. The van der Waals surface area contributed by atoms with Gasteiger partial charge in [-0.15, -0.1) is 0 Å². The van der Waals surface area contributed by atoms with Gasteiger partial charge in [0, 0.05) is 6.57 Å². The molecule has 0 aliphatic carbocycles. The summed E-state index contributed by atoms with van der Waals surface area (Å²) in [6.07, 6.45) is 4.24. The Bertz CT molecular complexity index is 399. The second-order valence-corrected chi connectivity index (χ2v) is 3.15. The first kappa shape index (κ1) is 11.7. The van der Waals surface area contributed by atoms with Crippen LogP contribution in [0.5, 0.6) is 0 Å². The maximum atomic E-state index is 6.50. The summed E-state index contributed by atoms with van der Waals surface area (Å²) in [6, 6.07) is 20.6. The van der Waals surface area contributed by atoms with Gasteiger partial charge in [0.2, 0.25) is 0 Å². The van der Waals surface area contributed by atoms with Crippen molar-refractivity contribution >= 4 is 12.2 Å². The van der Waals surface area contributed by atoms with E-state index in [-0.39, 0.29) is 0 Å². The Morgan fingerprint density at radius 2 is 0.938 bits per heavy atom. The lowest BCUT2D eigenvalue weighted by Crippen LogP contribution is -1.70. The van der Waals surface area contributed by atoms with Crippen molar-refractivity contribution in [3.05, 3.63) is 71.8 Å². The summed E-state index contributed by atoms with van der Waals surface area (Å²) in [5.74, 6) is 0. The van der Waals surface area contributed by atoms with Gasteiger partial charge in [0.25, 0.3) is 0 Å². The largest absolute Gasteiger partial charge is 0.202 e. The summed E-state index contributed by atoms with van der Waals surface area (Å²) < 4.78 is 0. The molecule has 0 saturated heterocycles. The summed E-state index contributed by atoms with van der Waals surface area (Å²) in [5, 5.41) is 6.50. The quantitative estimate of drug-likeness (QED) is 0.683. The third-order valence-electron chi connectivity index (χ3n) is 2.07. The smallest absolute Gasteiger partial charge is 0.0462 e. The summed E-state index contributed by atoms with van der Waals surface area (Å²) in [4.78, 5) is 0. The highest BCUT2D eigenvalue weighted by Gasteiger charge is 1.84. The lowest BCUT2D eigenvalue weighted by molar-refractivity contribution is 1.58. The predicted molar refractivity (Wildman–Crippen MR) is 68.5 cm³/mol. The van der Waals surface area contributed by atoms with Gasteiger partial charge in [-0.2, -0.15) is 0 Å². The summed E-state index contributed by atoms with van der Waals surface area (Å²) in [5.41, 5.74) is 2.47. The highest BCUT2D eigenvalue weighted by atomic mass is 14.2. The van der Waals surface area contributed by atoms with E-state index in [0.717, 1.165) is 0 Å². The summed E-state index contributed by atoms with van der Waals surface area (Å²) in [6.45, 7) is 3.50. The molecule has 0 atom stereocenters. The summed E-state index contributed by atoms with van der Waals surface area (Å²) >= 11 is 0. The Morgan fingerprint density at radius 3 is 1.25 bits per heavy atom. The van der Waals surface area contributed by atoms with Crippen molar-refractivity contribution in [2.24, 2.45) is 0 Å². The average Bonchev–Trinajstić information content (AvgIpc) is 2.41. The maximum Gasteiger partial charge on any atom is 0.0462 e. The topological polar surface area (TPSA) is 23.8 Å². The van der Waals surface area contributed by atoms with E-state index in [9.17, 15) is 0 Å². The summed E-state index contributed by atoms with van der Waals surface area (Å²) in [7, 11) is 0. The van der Waals surface area contributed by atoms with Crippen molar-refractivity contribution in [3.8, 4) is 6.57 Å². The number of benzene rings is 2. The van der Waals surface area contributed by atoms with Crippen LogP contribution < -0.4 is 0 Å². The van der Waals surface area contributed by atoms with Crippen molar-refractivity contribution in [2.75, 3.05) is 0 Å². The first-order chi connectivity index (χ1) is 7.95. The molecule has 78 valence electrons. The van der Waals surface area contributed by atoms with Gasteiger partial charge in [0.15, 0.2) is 0 Å². The van der Waals surface area contributed by atoms with Gasteiger partial charge >= 0.3 is 0 Å². The number of hydrogen-bond acceptors (Lipinski definition) is 1. The van der Waals surface area contributed by atoms with Gasteiger partial charge in [-0.25, -0.2) is 5.26 Å². The lowest BCUT2D eigenvalue weighted by Gasteiger charge is -1.92. The fourth-order valence-corrected chi connectivity index (χ4v) is 1.32. The highest BCUT2D eigenvalue weighted by Crippen LogP contribution is 2.06. The first-order valence-electron chi connectivity index (χ1n) is 4.99. The normalized spacial score (nSPS) is 9.38. The Hall–Kier alpha value is -2.33. The number of hydrogen-bond donors (Lipinski definition) is 0. The first-order valence-corrected chi connectivity index (χ1v) is 4.99. The molecule has 0 saturated carbocycles. The predicted octanol–water partition coefficient (Wildman–Crippen LogP) is 4.00. The zero-order chi connectivity index (χ0) is 11.6. The van der Waals surface area contributed by atoms with E-state index in [1.165, 1.54) is 11.1 Å². The second kappa shape index (κ2) is 7.03. The monoisotopic (exact) mass is 207 g/mol. The van der Waals surface area contributed by atoms with Crippen LogP contribution in [0, 0.1) is 11.8 Å². The molecule has 0 N–H and O–H groups in total. The van der Waals surface area contributed by atoms with Crippen LogP contribution in [0.25, 0.3) is 12.2 Å². The van der Waals surface area contributed by atoms with Crippen LogP contribution in [0.3, 0.4) is 0 Å². The van der Waals surface area contributed by atoms with Gasteiger partial charge in [-0.3, -0.25) is 0 Å². The highest BCUT2D eigenvalue weighted by molar-refractivity contribution is 5.69. The molecule has 1 nitrogen and oxygen atoms in total. The molecule has 0 fully saturated rings. The minimum absolute atomic E-state index is 1.23. The molecule has 2 aromatic carbocycles. The van der Waals surface area contributed by atoms with E-state index in [2.05, 4.69) is 43.0 Å². The van der Waals surface area contributed by atoms with E-state index in [1.807, 2.05) is 36.4 Å². The van der Waals surface area contributed by atoms with Crippen molar-refractivity contribution < 1.29 is 0 Å². The van der Waals surface area contributed by atoms with Crippen LogP contribution in [0.15, 0.2) is 60.7 Å². The fraction of sp³-hybridized carbons (Fsp3) is 0. The van der Waals surface area contributed by atoms with E-state index >= 15 is 0 Å². The van der Waals surface area contributed by atoms with E-state index in [1.54, 1.807) is 0 Å². The van der Waals surface area contributed by atoms with Crippen molar-refractivity contribution in [2.45, 2.75) is 0 Å². The molecular weight excluding hydrogens is 194 g/mol. The van der Waals surface area contributed by atoms with Crippen LogP contribution >= 0.6 is 0 Å². The second-order valence-electron chi connectivity index (χ2n) is 3.15. The number of nitriles is 1. The minimum atomic E-state index is 1.23. The molecule has 0 bridgehead atoms. The van der Waals surface area contributed by atoms with Crippen molar-refractivity contribution in [3.63, 3.8) is 0 Å². The molecule has 16 heavy (non-hydrogen) atoms. The molecule has 2 rings (SSSR count). The minimum Gasteiger partial charge on any atom is -0.202 e. The Labute approximate surface area is 96.3 Å². The number of nitrogens with zero attached hydrogens (tertiary/aromatic N) is 1. The van der Waals surface area contributed by atoms with Gasteiger partial charge in [0.05, 0.1) is 0 Å². The van der Waals surface area contributed by atoms with Gasteiger partial charge in [0.1, 0.15) is 0 Å². The van der Waals surface area contributed by atoms with Gasteiger partial charge < -0.3 is 0 Å².